The standard InChI is InChI=1S/C22H20ClNO5S/c1-4-29-22(26)19-20(25)18(11-13-10-16(27-2)8-9-17(13)28-3)30-21(19)24-15-7-5-6-14(23)12-15/h5-12,25H,4H2,1-3H3/b18-11+,24-21?. The van der Waals surface area contributed by atoms with Crippen molar-refractivity contribution in [2.24, 2.45) is 4.99 Å². The molecule has 0 saturated heterocycles. The van der Waals surface area contributed by atoms with E-state index in [9.17, 15) is 9.90 Å². The molecule has 0 fully saturated rings. The predicted molar refractivity (Wildman–Crippen MR) is 120 cm³/mol. The molecular formula is C22H20ClNO5S. The highest BCUT2D eigenvalue weighted by molar-refractivity contribution is 8.18. The van der Waals surface area contributed by atoms with Gasteiger partial charge in [-0.1, -0.05) is 29.4 Å². The van der Waals surface area contributed by atoms with Crippen molar-refractivity contribution in [2.45, 2.75) is 6.92 Å². The monoisotopic (exact) mass is 445 g/mol. The molecule has 0 unspecified atom stereocenters. The minimum atomic E-state index is -0.649. The van der Waals surface area contributed by atoms with Gasteiger partial charge in [-0.3, -0.25) is 0 Å². The highest BCUT2D eigenvalue weighted by Gasteiger charge is 2.33. The molecule has 0 bridgehead atoms. The Kier molecular flexibility index (Phi) is 7.07. The second-order valence-electron chi connectivity index (χ2n) is 6.06. The first-order chi connectivity index (χ1) is 14.5. The predicted octanol–water partition coefficient (Wildman–Crippen LogP) is 5.55. The third-order valence-corrected chi connectivity index (χ3v) is 5.39. The van der Waals surface area contributed by atoms with Crippen molar-refractivity contribution in [1.29, 1.82) is 0 Å². The zero-order valence-electron chi connectivity index (χ0n) is 16.6. The Bertz CT molecular complexity index is 1060. The van der Waals surface area contributed by atoms with Gasteiger partial charge in [-0.2, -0.15) is 0 Å². The molecule has 1 heterocycles. The molecule has 2 aromatic rings. The van der Waals surface area contributed by atoms with Gasteiger partial charge in [0.1, 0.15) is 27.9 Å². The number of benzene rings is 2. The van der Waals surface area contributed by atoms with Crippen LogP contribution in [0.15, 0.2) is 63.7 Å². The van der Waals surface area contributed by atoms with E-state index in [1.54, 1.807) is 69.7 Å². The van der Waals surface area contributed by atoms with Gasteiger partial charge in [-0.05, 0) is 49.4 Å². The largest absolute Gasteiger partial charge is 0.506 e. The fourth-order valence-electron chi connectivity index (χ4n) is 2.75. The summed E-state index contributed by atoms with van der Waals surface area (Å²) in [6.45, 7) is 1.87. The normalized spacial score (nSPS) is 16.3. The quantitative estimate of drug-likeness (QED) is 0.587. The Morgan fingerprint density at radius 1 is 1.20 bits per heavy atom. The number of carbonyl (C=O) groups excluding carboxylic acids is 1. The smallest absolute Gasteiger partial charge is 0.344 e. The van der Waals surface area contributed by atoms with Crippen LogP contribution >= 0.6 is 23.4 Å². The van der Waals surface area contributed by atoms with E-state index < -0.39 is 5.97 Å². The van der Waals surface area contributed by atoms with Gasteiger partial charge in [0.05, 0.1) is 31.4 Å². The molecule has 1 N–H and O–H groups in total. The lowest BCUT2D eigenvalue weighted by Gasteiger charge is -2.08. The molecule has 0 atom stereocenters. The van der Waals surface area contributed by atoms with E-state index in [2.05, 4.69) is 4.99 Å². The third kappa shape index (κ3) is 4.80. The molecule has 3 rings (SSSR count). The third-order valence-electron chi connectivity index (χ3n) is 4.13. The number of aliphatic hydroxyl groups is 1. The van der Waals surface area contributed by atoms with Crippen molar-refractivity contribution >= 4 is 46.1 Å². The van der Waals surface area contributed by atoms with E-state index in [1.807, 2.05) is 0 Å². The molecule has 1 aliphatic heterocycles. The molecule has 8 heteroatoms. The second-order valence-corrected chi connectivity index (χ2v) is 7.53. The number of esters is 1. The van der Waals surface area contributed by atoms with Crippen LogP contribution in [-0.2, 0) is 9.53 Å². The molecule has 0 radical (unpaired) electrons. The molecule has 1 aliphatic rings. The number of carbonyl (C=O) groups is 1. The van der Waals surface area contributed by atoms with Gasteiger partial charge in [0.15, 0.2) is 0 Å². The lowest BCUT2D eigenvalue weighted by Crippen LogP contribution is -2.12. The van der Waals surface area contributed by atoms with E-state index in [4.69, 9.17) is 25.8 Å². The number of halogens is 1. The summed E-state index contributed by atoms with van der Waals surface area (Å²) >= 11 is 7.20. The lowest BCUT2D eigenvalue weighted by molar-refractivity contribution is -0.138. The SMILES string of the molecule is CCOC(=O)C1=C(O)/C(=C\c2cc(OC)ccc2OC)SC1=Nc1cccc(Cl)c1. The van der Waals surface area contributed by atoms with Gasteiger partial charge in [0, 0.05) is 10.6 Å². The Morgan fingerprint density at radius 2 is 2.00 bits per heavy atom. The van der Waals surface area contributed by atoms with Gasteiger partial charge < -0.3 is 19.3 Å². The number of methoxy groups -OCH3 is 2. The first-order valence-corrected chi connectivity index (χ1v) is 10.2. The number of thioether (sulfide) groups is 1. The van der Waals surface area contributed by atoms with Crippen LogP contribution in [0.3, 0.4) is 0 Å². The van der Waals surface area contributed by atoms with E-state index in [0.717, 1.165) is 11.8 Å². The fourth-order valence-corrected chi connectivity index (χ4v) is 3.96. The van der Waals surface area contributed by atoms with Gasteiger partial charge in [-0.25, -0.2) is 9.79 Å². The van der Waals surface area contributed by atoms with Gasteiger partial charge >= 0.3 is 5.97 Å². The first-order valence-electron chi connectivity index (χ1n) is 9.03. The molecule has 0 amide bonds. The number of rotatable bonds is 6. The number of nitrogens with zero attached hydrogens (tertiary/aromatic N) is 1. The van der Waals surface area contributed by atoms with Crippen molar-refractivity contribution in [3.8, 4) is 11.5 Å². The first kappa shape index (κ1) is 21.8. The van der Waals surface area contributed by atoms with Gasteiger partial charge in [-0.15, -0.1) is 0 Å². The van der Waals surface area contributed by atoms with Crippen molar-refractivity contribution < 1.29 is 24.1 Å². The Labute approximate surface area is 183 Å². The molecular weight excluding hydrogens is 426 g/mol. The molecule has 0 saturated carbocycles. The molecule has 6 nitrogen and oxygen atoms in total. The van der Waals surface area contributed by atoms with E-state index in [1.165, 1.54) is 0 Å². The molecule has 30 heavy (non-hydrogen) atoms. The highest BCUT2D eigenvalue weighted by atomic mass is 35.5. The van der Waals surface area contributed by atoms with Crippen molar-refractivity contribution in [1.82, 2.24) is 0 Å². The summed E-state index contributed by atoms with van der Waals surface area (Å²) < 4.78 is 15.8. The maximum atomic E-state index is 12.5. The number of hydrogen-bond acceptors (Lipinski definition) is 7. The maximum absolute atomic E-state index is 12.5. The Hall–Kier alpha value is -2.90. The van der Waals surface area contributed by atoms with Crippen LogP contribution in [0.4, 0.5) is 5.69 Å². The average Bonchev–Trinajstić information content (AvgIpc) is 3.02. The van der Waals surface area contributed by atoms with Crippen LogP contribution in [-0.4, -0.2) is 36.9 Å². The summed E-state index contributed by atoms with van der Waals surface area (Å²) in [6, 6.07) is 12.2. The summed E-state index contributed by atoms with van der Waals surface area (Å²) in [5.74, 6) is 0.371. The summed E-state index contributed by atoms with van der Waals surface area (Å²) in [4.78, 5) is 17.5. The topological polar surface area (TPSA) is 77.4 Å². The lowest BCUT2D eigenvalue weighted by atomic mass is 10.1. The van der Waals surface area contributed by atoms with Crippen LogP contribution in [0.1, 0.15) is 12.5 Å². The molecule has 156 valence electrons. The zero-order valence-corrected chi connectivity index (χ0v) is 18.2. The van der Waals surface area contributed by atoms with E-state index >= 15 is 0 Å². The van der Waals surface area contributed by atoms with E-state index in [-0.39, 0.29) is 17.9 Å². The van der Waals surface area contributed by atoms with Gasteiger partial charge in [0.25, 0.3) is 0 Å². The number of hydrogen-bond donors (Lipinski definition) is 1. The van der Waals surface area contributed by atoms with Gasteiger partial charge in [0.2, 0.25) is 0 Å². The summed E-state index contributed by atoms with van der Waals surface area (Å²) in [5.41, 5.74) is 1.24. The van der Waals surface area contributed by atoms with Crippen LogP contribution < -0.4 is 9.47 Å². The summed E-state index contributed by atoms with van der Waals surface area (Å²) in [6.07, 6.45) is 1.71. The van der Waals surface area contributed by atoms with Crippen molar-refractivity contribution in [3.63, 3.8) is 0 Å². The molecule has 0 aromatic heterocycles. The molecule has 0 aliphatic carbocycles. The minimum absolute atomic E-state index is 0.00920. The van der Waals surface area contributed by atoms with E-state index in [0.29, 0.717) is 37.7 Å². The molecule has 0 spiro atoms. The van der Waals surface area contributed by atoms with Crippen LogP contribution in [0.25, 0.3) is 6.08 Å². The second kappa shape index (κ2) is 9.73. The van der Waals surface area contributed by atoms with Crippen molar-refractivity contribution in [2.75, 3.05) is 20.8 Å². The minimum Gasteiger partial charge on any atom is -0.506 e. The van der Waals surface area contributed by atoms with Crippen LogP contribution in [0, 0.1) is 0 Å². The molecule has 2 aromatic carbocycles. The van der Waals surface area contributed by atoms with Crippen LogP contribution in [0.5, 0.6) is 11.5 Å². The Morgan fingerprint density at radius 3 is 2.67 bits per heavy atom. The Balaban J connectivity index is 2.09. The zero-order chi connectivity index (χ0) is 21.7. The highest BCUT2D eigenvalue weighted by Crippen LogP contribution is 2.41. The van der Waals surface area contributed by atoms with Crippen LogP contribution in [0.2, 0.25) is 5.02 Å². The summed E-state index contributed by atoms with van der Waals surface area (Å²) in [5, 5.41) is 11.6. The maximum Gasteiger partial charge on any atom is 0.344 e. The number of aliphatic hydroxyl groups excluding tert-OH is 1. The summed E-state index contributed by atoms with van der Waals surface area (Å²) in [7, 11) is 3.12. The number of ether oxygens (including phenoxy) is 3. The average molecular weight is 446 g/mol. The fraction of sp³-hybridized carbons (Fsp3) is 0.182. The number of aliphatic imine (C=N–C) groups is 1. The van der Waals surface area contributed by atoms with Crippen molar-refractivity contribution in [3.05, 3.63) is 69.3 Å².